The van der Waals surface area contributed by atoms with Crippen LogP contribution in [-0.2, 0) is 0 Å². The first-order valence-corrected chi connectivity index (χ1v) is 8.03. The van der Waals surface area contributed by atoms with Crippen LogP contribution in [0.25, 0.3) is 0 Å². The van der Waals surface area contributed by atoms with Gasteiger partial charge in [-0.1, -0.05) is 48.0 Å². The Morgan fingerprint density at radius 2 is 1.54 bits per heavy atom. The molecule has 26 heavy (non-hydrogen) atoms. The Balaban J connectivity index is 2.07. The van der Waals surface area contributed by atoms with Crippen LogP contribution < -0.4 is 5.43 Å². The molecule has 3 aromatic carbocycles. The first-order chi connectivity index (χ1) is 12.5. The number of nitrogens with one attached hydrogen (secondary N) is 1. The second kappa shape index (κ2) is 7.61. The molecule has 0 radical (unpaired) electrons. The fraction of sp³-hybridized carbons (Fsp3) is 0.0476. The molecule has 4 nitrogen and oxygen atoms in total. The minimum atomic E-state index is -1.03. The highest BCUT2D eigenvalue weighted by Crippen LogP contribution is 2.18. The van der Waals surface area contributed by atoms with Gasteiger partial charge in [-0.15, -0.1) is 0 Å². The Morgan fingerprint density at radius 3 is 2.15 bits per heavy atom. The van der Waals surface area contributed by atoms with Gasteiger partial charge in [-0.25, -0.2) is 9.18 Å². The van der Waals surface area contributed by atoms with E-state index in [0.717, 1.165) is 11.1 Å². The van der Waals surface area contributed by atoms with Gasteiger partial charge in [0.05, 0.1) is 17.0 Å². The van der Waals surface area contributed by atoms with Crippen LogP contribution >= 0.6 is 0 Å². The van der Waals surface area contributed by atoms with Crippen molar-refractivity contribution in [2.24, 2.45) is 5.10 Å². The van der Waals surface area contributed by atoms with E-state index >= 15 is 0 Å². The quantitative estimate of drug-likeness (QED) is 0.519. The van der Waals surface area contributed by atoms with Crippen molar-refractivity contribution in [2.75, 3.05) is 5.43 Å². The monoisotopic (exact) mass is 348 g/mol. The van der Waals surface area contributed by atoms with E-state index < -0.39 is 5.97 Å². The third-order valence-corrected chi connectivity index (χ3v) is 3.88. The molecule has 5 heteroatoms. The molecule has 0 heterocycles. The first kappa shape index (κ1) is 17.4. The summed E-state index contributed by atoms with van der Waals surface area (Å²) in [6.07, 6.45) is 0. The molecule has 0 saturated heterocycles. The molecule has 0 saturated carbocycles. The van der Waals surface area contributed by atoms with Gasteiger partial charge < -0.3 is 5.11 Å². The Kier molecular flexibility index (Phi) is 5.08. The van der Waals surface area contributed by atoms with Crippen LogP contribution in [0.4, 0.5) is 10.1 Å². The van der Waals surface area contributed by atoms with Gasteiger partial charge in [-0.3, -0.25) is 5.43 Å². The smallest absolute Gasteiger partial charge is 0.336 e. The van der Waals surface area contributed by atoms with Crippen molar-refractivity contribution in [3.8, 4) is 0 Å². The van der Waals surface area contributed by atoms with Crippen LogP contribution in [0.1, 0.15) is 27.0 Å². The molecule has 0 amide bonds. The zero-order chi connectivity index (χ0) is 18.5. The van der Waals surface area contributed by atoms with E-state index in [9.17, 15) is 14.3 Å². The van der Waals surface area contributed by atoms with Gasteiger partial charge in [0.25, 0.3) is 0 Å². The van der Waals surface area contributed by atoms with Gasteiger partial charge in [0.1, 0.15) is 5.82 Å². The number of halogens is 1. The van der Waals surface area contributed by atoms with Crippen LogP contribution in [0.5, 0.6) is 0 Å². The maximum atomic E-state index is 13.1. The molecule has 0 spiro atoms. The van der Waals surface area contributed by atoms with Crippen molar-refractivity contribution < 1.29 is 14.3 Å². The molecule has 0 aliphatic rings. The third kappa shape index (κ3) is 3.95. The fourth-order valence-corrected chi connectivity index (χ4v) is 2.51. The highest BCUT2D eigenvalue weighted by atomic mass is 19.1. The van der Waals surface area contributed by atoms with E-state index in [1.54, 1.807) is 36.4 Å². The van der Waals surface area contributed by atoms with Crippen LogP contribution in [-0.4, -0.2) is 16.8 Å². The Morgan fingerprint density at radius 1 is 0.923 bits per heavy atom. The average Bonchev–Trinajstić information content (AvgIpc) is 2.65. The second-order valence-corrected chi connectivity index (χ2v) is 5.80. The molecule has 0 atom stereocenters. The first-order valence-electron chi connectivity index (χ1n) is 8.03. The normalized spacial score (nSPS) is 11.2. The number of aryl methyl sites for hydroxylation is 1. The number of aromatic carboxylic acids is 1. The Hall–Kier alpha value is -3.47. The molecular formula is C21H17FN2O2. The number of carbonyl (C=O) groups is 1. The minimum absolute atomic E-state index is 0.160. The lowest BCUT2D eigenvalue weighted by molar-refractivity contribution is 0.0696. The molecule has 0 unspecified atom stereocenters. The summed E-state index contributed by atoms with van der Waals surface area (Å²) in [6.45, 7) is 1.97. The van der Waals surface area contributed by atoms with E-state index in [1.165, 1.54) is 12.1 Å². The Labute approximate surface area is 150 Å². The van der Waals surface area contributed by atoms with Crippen molar-refractivity contribution >= 4 is 17.4 Å². The summed E-state index contributed by atoms with van der Waals surface area (Å²) in [4.78, 5) is 11.6. The summed E-state index contributed by atoms with van der Waals surface area (Å²) in [6, 6.07) is 20.1. The topological polar surface area (TPSA) is 61.7 Å². The van der Waals surface area contributed by atoms with Crippen molar-refractivity contribution in [1.82, 2.24) is 0 Å². The molecular weight excluding hydrogens is 331 g/mol. The molecule has 0 aliphatic carbocycles. The maximum Gasteiger partial charge on any atom is 0.336 e. The van der Waals surface area contributed by atoms with Crippen LogP contribution in [0.15, 0.2) is 77.9 Å². The van der Waals surface area contributed by atoms with Crippen LogP contribution in [0, 0.1) is 12.7 Å². The van der Waals surface area contributed by atoms with Gasteiger partial charge >= 0.3 is 5.97 Å². The van der Waals surface area contributed by atoms with E-state index in [0.29, 0.717) is 17.0 Å². The fourth-order valence-electron chi connectivity index (χ4n) is 2.51. The number of benzene rings is 3. The zero-order valence-electron chi connectivity index (χ0n) is 14.1. The number of rotatable bonds is 5. The highest BCUT2D eigenvalue weighted by molar-refractivity contribution is 6.17. The van der Waals surface area contributed by atoms with E-state index in [-0.39, 0.29) is 11.4 Å². The van der Waals surface area contributed by atoms with Crippen molar-refractivity contribution in [3.63, 3.8) is 0 Å². The van der Waals surface area contributed by atoms with Crippen molar-refractivity contribution in [2.45, 2.75) is 6.92 Å². The second-order valence-electron chi connectivity index (χ2n) is 5.80. The summed E-state index contributed by atoms with van der Waals surface area (Å²) in [5, 5.41) is 13.9. The summed E-state index contributed by atoms with van der Waals surface area (Å²) in [5.74, 6) is -1.36. The summed E-state index contributed by atoms with van der Waals surface area (Å²) < 4.78 is 13.1. The van der Waals surface area contributed by atoms with Gasteiger partial charge in [-0.2, -0.15) is 5.10 Å². The number of hydrogen-bond acceptors (Lipinski definition) is 3. The lowest BCUT2D eigenvalue weighted by Crippen LogP contribution is -2.12. The number of nitrogens with zero attached hydrogens (tertiary/aromatic N) is 1. The molecule has 130 valence electrons. The van der Waals surface area contributed by atoms with Crippen molar-refractivity contribution in [3.05, 3.63) is 101 Å². The minimum Gasteiger partial charge on any atom is -0.478 e. The summed E-state index contributed by atoms with van der Waals surface area (Å²) in [5.41, 5.74) is 6.50. The van der Waals surface area contributed by atoms with E-state index in [2.05, 4.69) is 10.5 Å². The van der Waals surface area contributed by atoms with Gasteiger partial charge in [-0.05, 0) is 37.3 Å². The largest absolute Gasteiger partial charge is 0.478 e. The van der Waals surface area contributed by atoms with Gasteiger partial charge in [0, 0.05) is 11.1 Å². The molecule has 2 N–H and O–H groups in total. The number of carboxylic acid groups (broad SMARTS) is 1. The SMILES string of the molecule is Cc1ccc(C(=NNc2ccc(F)cc2)c2ccccc2C(=O)O)cc1. The maximum absolute atomic E-state index is 13.1. The Bertz CT molecular complexity index is 949. The van der Waals surface area contributed by atoms with Crippen molar-refractivity contribution in [1.29, 1.82) is 0 Å². The molecule has 3 aromatic rings. The third-order valence-electron chi connectivity index (χ3n) is 3.88. The summed E-state index contributed by atoms with van der Waals surface area (Å²) in [7, 11) is 0. The lowest BCUT2D eigenvalue weighted by atomic mass is 9.97. The lowest BCUT2D eigenvalue weighted by Gasteiger charge is -2.11. The predicted molar refractivity (Wildman–Crippen MR) is 100 cm³/mol. The molecule has 0 fully saturated rings. The highest BCUT2D eigenvalue weighted by Gasteiger charge is 2.16. The number of anilines is 1. The predicted octanol–water partition coefficient (Wildman–Crippen LogP) is 4.70. The number of hydrogen-bond donors (Lipinski definition) is 2. The number of hydrazone groups is 1. The van der Waals surface area contributed by atoms with Gasteiger partial charge in [0.15, 0.2) is 0 Å². The van der Waals surface area contributed by atoms with Crippen LogP contribution in [0.3, 0.4) is 0 Å². The molecule has 3 rings (SSSR count). The summed E-state index contributed by atoms with van der Waals surface area (Å²) >= 11 is 0. The van der Waals surface area contributed by atoms with E-state index in [1.807, 2.05) is 31.2 Å². The molecule has 0 bridgehead atoms. The zero-order valence-corrected chi connectivity index (χ0v) is 14.1. The average molecular weight is 348 g/mol. The standard InChI is InChI=1S/C21H17FN2O2/c1-14-6-8-15(9-7-14)20(18-4-2-3-5-19(18)21(25)26)24-23-17-12-10-16(22)11-13-17/h2-13,23H,1H3,(H,25,26). The van der Waals surface area contributed by atoms with Gasteiger partial charge in [0.2, 0.25) is 0 Å². The van der Waals surface area contributed by atoms with E-state index in [4.69, 9.17) is 0 Å². The number of carboxylic acids is 1. The molecule has 0 aliphatic heterocycles. The van der Waals surface area contributed by atoms with Crippen LogP contribution in [0.2, 0.25) is 0 Å². The molecule has 0 aromatic heterocycles.